The zero-order valence-corrected chi connectivity index (χ0v) is 17.3. The van der Waals surface area contributed by atoms with Crippen molar-refractivity contribution in [2.24, 2.45) is 0 Å². The van der Waals surface area contributed by atoms with E-state index in [-0.39, 0.29) is 29.4 Å². The standard InChI is InChI=1S/C19H23F3N4O3S/c1-3-26(4-2)30(28,29)15-8-5-7-14(13-15)18(27)25-12-11-24-17-16(19(20,21)22)9-6-10-23-17/h5-10,13H,3-4,11-12H2,1-2H3,(H,23,24)(H,25,27). The van der Waals surface area contributed by atoms with E-state index in [1.165, 1.54) is 40.8 Å². The molecular formula is C19H23F3N4O3S. The van der Waals surface area contributed by atoms with Gasteiger partial charge < -0.3 is 10.6 Å². The fourth-order valence-electron chi connectivity index (χ4n) is 2.74. The number of nitrogens with one attached hydrogen (secondary N) is 2. The molecule has 164 valence electrons. The Morgan fingerprint density at radius 1 is 1.10 bits per heavy atom. The van der Waals surface area contributed by atoms with Gasteiger partial charge in [-0.1, -0.05) is 19.9 Å². The van der Waals surface area contributed by atoms with Gasteiger partial charge in [-0.25, -0.2) is 13.4 Å². The Labute approximate surface area is 173 Å². The summed E-state index contributed by atoms with van der Waals surface area (Å²) in [6.45, 7) is 4.05. The molecule has 0 saturated heterocycles. The summed E-state index contributed by atoms with van der Waals surface area (Å²) in [4.78, 5) is 16.0. The van der Waals surface area contributed by atoms with Crippen LogP contribution in [0.15, 0.2) is 47.5 Å². The van der Waals surface area contributed by atoms with Gasteiger partial charge in [0.05, 0.1) is 10.5 Å². The molecule has 2 rings (SSSR count). The van der Waals surface area contributed by atoms with Gasteiger partial charge in [0, 0.05) is 37.9 Å². The molecule has 1 aromatic heterocycles. The number of sulfonamides is 1. The number of hydrogen-bond acceptors (Lipinski definition) is 5. The van der Waals surface area contributed by atoms with Crippen molar-refractivity contribution in [3.05, 3.63) is 53.7 Å². The van der Waals surface area contributed by atoms with Crippen LogP contribution in [0.3, 0.4) is 0 Å². The van der Waals surface area contributed by atoms with E-state index in [9.17, 15) is 26.4 Å². The summed E-state index contributed by atoms with van der Waals surface area (Å²) in [5.41, 5.74) is -0.761. The first kappa shape index (κ1) is 23.6. The average Bonchev–Trinajstić information content (AvgIpc) is 2.71. The van der Waals surface area contributed by atoms with Crippen molar-refractivity contribution < 1.29 is 26.4 Å². The minimum absolute atomic E-state index is 0.000259. The maximum atomic E-state index is 12.9. The lowest BCUT2D eigenvalue weighted by atomic mass is 10.2. The number of hydrogen-bond donors (Lipinski definition) is 2. The summed E-state index contributed by atoms with van der Waals surface area (Å²) in [7, 11) is -3.71. The Balaban J connectivity index is 2.00. The van der Waals surface area contributed by atoms with Crippen LogP contribution in [-0.2, 0) is 16.2 Å². The molecule has 0 radical (unpaired) electrons. The lowest BCUT2D eigenvalue weighted by molar-refractivity contribution is -0.137. The second-order valence-corrected chi connectivity index (χ2v) is 8.14. The summed E-state index contributed by atoms with van der Waals surface area (Å²) in [6.07, 6.45) is -3.31. The fraction of sp³-hybridized carbons (Fsp3) is 0.368. The van der Waals surface area contributed by atoms with E-state index in [1.807, 2.05) is 0 Å². The monoisotopic (exact) mass is 444 g/mol. The number of aromatic nitrogens is 1. The van der Waals surface area contributed by atoms with Crippen LogP contribution in [0.2, 0.25) is 0 Å². The maximum Gasteiger partial charge on any atom is 0.419 e. The van der Waals surface area contributed by atoms with Crippen LogP contribution in [0.25, 0.3) is 0 Å². The third-order valence-corrected chi connectivity index (χ3v) is 6.30. The number of halogens is 3. The zero-order valence-electron chi connectivity index (χ0n) is 16.5. The molecule has 1 aromatic carbocycles. The highest BCUT2D eigenvalue weighted by Crippen LogP contribution is 2.33. The molecule has 0 spiro atoms. The molecule has 0 aliphatic carbocycles. The van der Waals surface area contributed by atoms with E-state index in [4.69, 9.17) is 0 Å². The number of pyridine rings is 1. The highest BCUT2D eigenvalue weighted by atomic mass is 32.2. The van der Waals surface area contributed by atoms with Gasteiger partial charge in [0.15, 0.2) is 0 Å². The molecule has 0 unspecified atom stereocenters. The van der Waals surface area contributed by atoms with Gasteiger partial charge in [0.25, 0.3) is 5.91 Å². The number of nitrogens with zero attached hydrogens (tertiary/aromatic N) is 2. The third kappa shape index (κ3) is 5.70. The first-order valence-corrected chi connectivity index (χ1v) is 10.7. The molecule has 0 bridgehead atoms. The summed E-state index contributed by atoms with van der Waals surface area (Å²) in [5, 5.41) is 5.09. The van der Waals surface area contributed by atoms with E-state index in [1.54, 1.807) is 13.8 Å². The Morgan fingerprint density at radius 2 is 1.80 bits per heavy atom. The Bertz CT molecular complexity index is 977. The van der Waals surface area contributed by atoms with Crippen LogP contribution in [-0.4, -0.2) is 49.8 Å². The van der Waals surface area contributed by atoms with E-state index in [0.717, 1.165) is 6.07 Å². The minimum atomic E-state index is -4.55. The van der Waals surface area contributed by atoms with Crippen LogP contribution in [0.4, 0.5) is 19.0 Å². The van der Waals surface area contributed by atoms with Crippen molar-refractivity contribution in [2.45, 2.75) is 24.9 Å². The topological polar surface area (TPSA) is 91.4 Å². The van der Waals surface area contributed by atoms with E-state index >= 15 is 0 Å². The van der Waals surface area contributed by atoms with Crippen molar-refractivity contribution in [3.63, 3.8) is 0 Å². The van der Waals surface area contributed by atoms with Gasteiger partial charge in [-0.3, -0.25) is 4.79 Å². The molecule has 0 aliphatic heterocycles. The summed E-state index contributed by atoms with van der Waals surface area (Å²) in [5.74, 6) is -0.864. The van der Waals surface area contributed by atoms with Gasteiger partial charge in [-0.2, -0.15) is 17.5 Å². The van der Waals surface area contributed by atoms with Gasteiger partial charge in [0.2, 0.25) is 10.0 Å². The van der Waals surface area contributed by atoms with Crippen molar-refractivity contribution in [2.75, 3.05) is 31.5 Å². The predicted octanol–water partition coefficient (Wildman–Crippen LogP) is 2.97. The minimum Gasteiger partial charge on any atom is -0.368 e. The number of benzene rings is 1. The van der Waals surface area contributed by atoms with Gasteiger partial charge in [0.1, 0.15) is 5.82 Å². The maximum absolute atomic E-state index is 12.9. The number of amides is 1. The number of anilines is 1. The van der Waals surface area contributed by atoms with E-state index in [2.05, 4.69) is 15.6 Å². The lowest BCUT2D eigenvalue weighted by Crippen LogP contribution is -2.31. The molecule has 1 heterocycles. The first-order chi connectivity index (χ1) is 14.1. The molecular weight excluding hydrogens is 421 g/mol. The SMILES string of the molecule is CCN(CC)S(=O)(=O)c1cccc(C(=O)NCCNc2ncccc2C(F)(F)F)c1. The second-order valence-electron chi connectivity index (χ2n) is 6.20. The smallest absolute Gasteiger partial charge is 0.368 e. The van der Waals surface area contributed by atoms with Gasteiger partial charge in [-0.15, -0.1) is 0 Å². The molecule has 30 heavy (non-hydrogen) atoms. The van der Waals surface area contributed by atoms with E-state index in [0.29, 0.717) is 13.1 Å². The highest BCUT2D eigenvalue weighted by Gasteiger charge is 2.33. The van der Waals surface area contributed by atoms with Crippen LogP contribution in [0.5, 0.6) is 0 Å². The summed E-state index contributed by atoms with van der Waals surface area (Å²) < 4.78 is 65.3. The number of carbonyl (C=O) groups excluding carboxylic acids is 1. The Kier molecular flexibility index (Phi) is 7.79. The van der Waals surface area contributed by atoms with Crippen molar-refractivity contribution in [1.82, 2.24) is 14.6 Å². The molecule has 0 aliphatic rings. The normalized spacial score (nSPS) is 12.1. The molecule has 0 fully saturated rings. The van der Waals surface area contributed by atoms with Crippen molar-refractivity contribution in [3.8, 4) is 0 Å². The molecule has 2 aromatic rings. The number of alkyl halides is 3. The van der Waals surface area contributed by atoms with Crippen LogP contribution in [0.1, 0.15) is 29.8 Å². The van der Waals surface area contributed by atoms with Crippen molar-refractivity contribution >= 4 is 21.7 Å². The molecule has 0 saturated carbocycles. The highest BCUT2D eigenvalue weighted by molar-refractivity contribution is 7.89. The largest absolute Gasteiger partial charge is 0.419 e. The average molecular weight is 444 g/mol. The third-order valence-electron chi connectivity index (χ3n) is 4.26. The summed E-state index contributed by atoms with van der Waals surface area (Å²) >= 11 is 0. The quantitative estimate of drug-likeness (QED) is 0.581. The van der Waals surface area contributed by atoms with Gasteiger partial charge in [-0.05, 0) is 30.3 Å². The first-order valence-electron chi connectivity index (χ1n) is 9.25. The lowest BCUT2D eigenvalue weighted by Gasteiger charge is -2.18. The number of rotatable bonds is 9. The molecule has 0 atom stereocenters. The second kappa shape index (κ2) is 9.90. The predicted molar refractivity (Wildman–Crippen MR) is 107 cm³/mol. The molecule has 7 nitrogen and oxygen atoms in total. The molecule has 1 amide bonds. The molecule has 2 N–H and O–H groups in total. The van der Waals surface area contributed by atoms with Crippen molar-refractivity contribution in [1.29, 1.82) is 0 Å². The van der Waals surface area contributed by atoms with Crippen LogP contribution in [0, 0.1) is 0 Å². The Morgan fingerprint density at radius 3 is 2.43 bits per heavy atom. The van der Waals surface area contributed by atoms with Gasteiger partial charge >= 0.3 is 6.18 Å². The number of carbonyl (C=O) groups is 1. The summed E-state index contributed by atoms with van der Waals surface area (Å²) in [6, 6.07) is 7.71. The van der Waals surface area contributed by atoms with Crippen LogP contribution < -0.4 is 10.6 Å². The van der Waals surface area contributed by atoms with Crippen LogP contribution >= 0.6 is 0 Å². The van der Waals surface area contributed by atoms with E-state index < -0.39 is 27.7 Å². The molecule has 11 heteroatoms. The fourth-order valence-corrected chi connectivity index (χ4v) is 4.25. The Hall–Kier alpha value is -2.66. The zero-order chi connectivity index (χ0) is 22.4.